The molecule has 0 heterocycles. The fraction of sp³-hybridized carbons (Fsp3) is 0.438. The molecule has 1 rings (SSSR count). The second-order valence-electron chi connectivity index (χ2n) is 5.44. The molecule has 0 bridgehead atoms. The summed E-state index contributed by atoms with van der Waals surface area (Å²) in [7, 11) is 1.23. The average molecular weight is 313 g/mol. The normalized spacial score (nSPS) is 17.0. The van der Waals surface area contributed by atoms with Crippen LogP contribution in [0.4, 0.5) is 13.2 Å². The van der Waals surface area contributed by atoms with Gasteiger partial charge in [0.05, 0.1) is 5.56 Å². The number of methoxy groups -OCH3 is 1. The van der Waals surface area contributed by atoms with E-state index in [1.54, 1.807) is 13.8 Å². The van der Waals surface area contributed by atoms with Gasteiger partial charge in [0.2, 0.25) is 5.60 Å². The minimum absolute atomic E-state index is 0.146. The number of hydrogen-bond acceptors (Lipinski definition) is 3. The van der Waals surface area contributed by atoms with E-state index in [0.717, 1.165) is 29.8 Å². The quantitative estimate of drug-likeness (QED) is 0.861. The Morgan fingerprint density at radius 3 is 1.95 bits per heavy atom. The first-order valence-corrected chi connectivity index (χ1v) is 6.53. The molecule has 0 aliphatic heterocycles. The highest BCUT2D eigenvalue weighted by Gasteiger charge is 2.49. The lowest BCUT2D eigenvalue weighted by atomic mass is 9.78. The number of benzene rings is 1. The van der Waals surface area contributed by atoms with Crippen LogP contribution < -0.4 is 0 Å². The van der Waals surface area contributed by atoms with Gasteiger partial charge in [-0.3, -0.25) is 0 Å². The third-order valence-corrected chi connectivity index (χ3v) is 3.36. The minimum atomic E-state index is -4.47. The van der Waals surface area contributed by atoms with Crippen LogP contribution in [-0.4, -0.2) is 17.8 Å². The zero-order valence-electron chi connectivity index (χ0n) is 12.8. The first-order chi connectivity index (χ1) is 10.00. The van der Waals surface area contributed by atoms with Gasteiger partial charge in [0.25, 0.3) is 0 Å². The van der Waals surface area contributed by atoms with Crippen LogP contribution in [0.15, 0.2) is 35.9 Å². The van der Waals surface area contributed by atoms with Crippen LogP contribution in [0.3, 0.4) is 0 Å². The summed E-state index contributed by atoms with van der Waals surface area (Å²) < 4.78 is 43.1. The van der Waals surface area contributed by atoms with Crippen LogP contribution in [0.1, 0.15) is 31.9 Å². The lowest BCUT2D eigenvalue weighted by molar-refractivity contribution is -0.137. The van der Waals surface area contributed by atoms with E-state index in [0.29, 0.717) is 0 Å². The number of halogens is 3. The van der Waals surface area contributed by atoms with Gasteiger partial charge in [-0.15, -0.1) is 0 Å². The molecule has 0 aromatic heterocycles. The third kappa shape index (κ3) is 3.32. The Kier molecular flexibility index (Phi) is 5.06. The molecule has 0 saturated heterocycles. The van der Waals surface area contributed by atoms with Crippen LogP contribution in [0.5, 0.6) is 0 Å². The van der Waals surface area contributed by atoms with Gasteiger partial charge < -0.3 is 9.84 Å². The summed E-state index contributed by atoms with van der Waals surface area (Å²) in [4.78, 5) is 0. The Balaban J connectivity index is 3.45. The Morgan fingerprint density at radius 2 is 1.64 bits per heavy atom. The summed E-state index contributed by atoms with van der Waals surface area (Å²) in [6.07, 6.45) is -3.03. The summed E-state index contributed by atoms with van der Waals surface area (Å²) in [5.41, 5.74) is -3.47. The molecule has 0 radical (unpaired) electrons. The van der Waals surface area contributed by atoms with Gasteiger partial charge in [-0.1, -0.05) is 23.8 Å². The highest BCUT2D eigenvalue weighted by Crippen LogP contribution is 2.39. The van der Waals surface area contributed by atoms with Gasteiger partial charge in [-0.05, 0) is 32.9 Å². The highest BCUT2D eigenvalue weighted by atomic mass is 19.4. The van der Waals surface area contributed by atoms with Crippen LogP contribution in [0.2, 0.25) is 0 Å². The maximum absolute atomic E-state index is 12.6. The van der Waals surface area contributed by atoms with Crippen molar-refractivity contribution in [3.63, 3.8) is 0 Å². The fourth-order valence-electron chi connectivity index (χ4n) is 2.40. The summed E-state index contributed by atoms with van der Waals surface area (Å²) in [5.74, 6) is 0. The number of ether oxygens (including phenoxy) is 1. The fourth-order valence-corrected chi connectivity index (χ4v) is 2.40. The number of rotatable bonds is 4. The monoisotopic (exact) mass is 313 g/mol. The minimum Gasteiger partial charge on any atom is -0.381 e. The molecule has 2 atom stereocenters. The van der Waals surface area contributed by atoms with Crippen LogP contribution in [-0.2, 0) is 16.5 Å². The van der Waals surface area contributed by atoms with E-state index in [-0.39, 0.29) is 5.56 Å². The van der Waals surface area contributed by atoms with Crippen molar-refractivity contribution in [1.29, 1.82) is 5.26 Å². The van der Waals surface area contributed by atoms with Gasteiger partial charge in [-0.2, -0.15) is 18.4 Å². The van der Waals surface area contributed by atoms with Crippen LogP contribution in [0.25, 0.3) is 0 Å². The van der Waals surface area contributed by atoms with E-state index in [1.165, 1.54) is 20.1 Å². The molecule has 0 saturated carbocycles. The van der Waals surface area contributed by atoms with Crippen molar-refractivity contribution in [3.8, 4) is 6.07 Å². The van der Waals surface area contributed by atoms with E-state index in [1.807, 2.05) is 6.07 Å². The van der Waals surface area contributed by atoms with Crippen molar-refractivity contribution in [2.45, 2.75) is 38.1 Å². The lowest BCUT2D eigenvalue weighted by Gasteiger charge is -2.37. The zero-order chi connectivity index (χ0) is 17.2. The van der Waals surface area contributed by atoms with Crippen molar-refractivity contribution in [2.75, 3.05) is 7.11 Å². The van der Waals surface area contributed by atoms with Crippen molar-refractivity contribution in [1.82, 2.24) is 0 Å². The first kappa shape index (κ1) is 18.2. The molecule has 6 heteroatoms. The van der Waals surface area contributed by atoms with Gasteiger partial charge in [0, 0.05) is 12.7 Å². The van der Waals surface area contributed by atoms with Gasteiger partial charge in [-0.25, -0.2) is 0 Å². The van der Waals surface area contributed by atoms with Gasteiger partial charge in [0.1, 0.15) is 11.7 Å². The second-order valence-corrected chi connectivity index (χ2v) is 5.44. The summed E-state index contributed by atoms with van der Waals surface area (Å²) in [6, 6.07) is 5.89. The predicted octanol–water partition coefficient (Wildman–Crippen LogP) is 3.79. The molecule has 2 unspecified atom stereocenters. The van der Waals surface area contributed by atoms with E-state index < -0.39 is 22.9 Å². The number of hydrogen-bond donors (Lipinski definition) is 1. The maximum Gasteiger partial charge on any atom is 0.416 e. The Morgan fingerprint density at radius 1 is 1.18 bits per heavy atom. The topological polar surface area (TPSA) is 53.2 Å². The summed E-state index contributed by atoms with van der Waals surface area (Å²) >= 11 is 0. The average Bonchev–Trinajstić information content (AvgIpc) is 2.38. The van der Waals surface area contributed by atoms with Gasteiger partial charge >= 0.3 is 6.18 Å². The first-order valence-electron chi connectivity index (χ1n) is 6.53. The highest BCUT2D eigenvalue weighted by molar-refractivity contribution is 5.38. The Hall–Kier alpha value is -1.84. The van der Waals surface area contributed by atoms with Crippen molar-refractivity contribution in [2.24, 2.45) is 0 Å². The number of alkyl halides is 3. The standard InChI is InChI=1S/C16H18F3NO2/c1-11(2)9-14(3,21)15(10-20,22-4)12-5-7-13(8-6-12)16(17,18)19/h5-9,21H,1-4H3. The summed E-state index contributed by atoms with van der Waals surface area (Å²) in [5, 5.41) is 20.2. The van der Waals surface area contributed by atoms with Crippen molar-refractivity contribution < 1.29 is 23.0 Å². The molecular formula is C16H18F3NO2. The zero-order valence-corrected chi connectivity index (χ0v) is 12.8. The van der Waals surface area contributed by atoms with Crippen molar-refractivity contribution >= 4 is 0 Å². The Labute approximate surface area is 127 Å². The SMILES string of the molecule is COC(C#N)(c1ccc(C(F)(F)F)cc1)C(C)(O)C=C(C)C. The number of allylic oxidation sites excluding steroid dienone is 1. The molecule has 0 spiro atoms. The molecule has 120 valence electrons. The van der Waals surface area contributed by atoms with Crippen LogP contribution >= 0.6 is 0 Å². The Bertz CT molecular complexity index is 593. The molecule has 1 aromatic carbocycles. The number of nitrogens with zero attached hydrogens (tertiary/aromatic N) is 1. The van der Waals surface area contributed by atoms with E-state index in [9.17, 15) is 23.5 Å². The van der Waals surface area contributed by atoms with E-state index in [2.05, 4.69) is 0 Å². The molecule has 1 N–H and O–H groups in total. The third-order valence-electron chi connectivity index (χ3n) is 3.36. The molecule has 1 aromatic rings. The summed E-state index contributed by atoms with van der Waals surface area (Å²) in [6.45, 7) is 4.85. The van der Waals surface area contributed by atoms with E-state index in [4.69, 9.17) is 4.74 Å². The van der Waals surface area contributed by atoms with Crippen LogP contribution in [0, 0.1) is 11.3 Å². The molecule has 0 aliphatic carbocycles. The predicted molar refractivity (Wildman–Crippen MR) is 75.8 cm³/mol. The lowest BCUT2D eigenvalue weighted by Crippen LogP contribution is -2.49. The molecular weight excluding hydrogens is 295 g/mol. The molecule has 0 aliphatic rings. The number of aliphatic hydroxyl groups is 1. The second kappa shape index (κ2) is 6.11. The molecule has 3 nitrogen and oxygen atoms in total. The van der Waals surface area contributed by atoms with E-state index >= 15 is 0 Å². The van der Waals surface area contributed by atoms with Crippen molar-refractivity contribution in [3.05, 3.63) is 47.0 Å². The molecule has 0 fully saturated rings. The largest absolute Gasteiger partial charge is 0.416 e. The molecule has 0 amide bonds. The maximum atomic E-state index is 12.6. The van der Waals surface area contributed by atoms with Gasteiger partial charge in [0.15, 0.2) is 0 Å². The number of nitriles is 1. The molecule has 22 heavy (non-hydrogen) atoms. The smallest absolute Gasteiger partial charge is 0.381 e.